The lowest BCUT2D eigenvalue weighted by atomic mass is 9.99. The van der Waals surface area contributed by atoms with Crippen LogP contribution in [0.1, 0.15) is 31.0 Å². The van der Waals surface area contributed by atoms with Crippen LogP contribution in [0.4, 0.5) is 0 Å². The minimum atomic E-state index is -0.164. The molecule has 1 unspecified atom stereocenters. The van der Waals surface area contributed by atoms with Gasteiger partial charge in [0.25, 0.3) is 0 Å². The van der Waals surface area contributed by atoms with Gasteiger partial charge >= 0.3 is 5.69 Å². The first-order valence-corrected chi connectivity index (χ1v) is 7.03. The molecular formula is C16H23N3O. The summed E-state index contributed by atoms with van der Waals surface area (Å²) in [5, 5.41) is 0. The molecule has 1 aromatic heterocycles. The summed E-state index contributed by atoms with van der Waals surface area (Å²) in [6.45, 7) is 4.92. The van der Waals surface area contributed by atoms with E-state index in [4.69, 9.17) is 5.73 Å². The van der Waals surface area contributed by atoms with Crippen molar-refractivity contribution in [3.63, 3.8) is 0 Å². The first-order chi connectivity index (χ1) is 9.47. The summed E-state index contributed by atoms with van der Waals surface area (Å²) in [6.07, 6.45) is 4.60. The molecular weight excluding hydrogens is 250 g/mol. The van der Waals surface area contributed by atoms with E-state index in [0.29, 0.717) is 12.5 Å². The molecule has 0 aliphatic rings. The van der Waals surface area contributed by atoms with Crippen molar-refractivity contribution in [2.45, 2.75) is 32.9 Å². The van der Waals surface area contributed by atoms with Crippen molar-refractivity contribution in [3.8, 4) is 0 Å². The SMILES string of the molecule is CC(C)Cc1ccc(C(N)Cn2ccn(C)c2=O)cc1. The third-order valence-corrected chi connectivity index (χ3v) is 3.46. The van der Waals surface area contributed by atoms with Crippen LogP contribution in [0.15, 0.2) is 41.5 Å². The van der Waals surface area contributed by atoms with Crippen LogP contribution in [0.3, 0.4) is 0 Å². The summed E-state index contributed by atoms with van der Waals surface area (Å²) in [5.41, 5.74) is 8.55. The molecule has 0 aliphatic carbocycles. The highest BCUT2D eigenvalue weighted by Gasteiger charge is 2.09. The molecule has 0 spiro atoms. The van der Waals surface area contributed by atoms with Crippen LogP contribution in [0.25, 0.3) is 0 Å². The first kappa shape index (κ1) is 14.6. The van der Waals surface area contributed by atoms with E-state index in [2.05, 4.69) is 38.1 Å². The van der Waals surface area contributed by atoms with Crippen LogP contribution in [0.5, 0.6) is 0 Å². The van der Waals surface area contributed by atoms with Crippen LogP contribution in [-0.4, -0.2) is 9.13 Å². The van der Waals surface area contributed by atoms with E-state index in [-0.39, 0.29) is 11.7 Å². The van der Waals surface area contributed by atoms with Gasteiger partial charge in [-0.15, -0.1) is 0 Å². The number of aryl methyl sites for hydroxylation is 1. The van der Waals surface area contributed by atoms with Crippen LogP contribution < -0.4 is 11.4 Å². The van der Waals surface area contributed by atoms with E-state index in [1.165, 1.54) is 5.56 Å². The Hall–Kier alpha value is -1.81. The second-order valence-corrected chi connectivity index (χ2v) is 5.79. The highest BCUT2D eigenvalue weighted by Crippen LogP contribution is 2.15. The fraction of sp³-hybridized carbons (Fsp3) is 0.438. The number of benzene rings is 1. The molecule has 4 nitrogen and oxygen atoms in total. The Morgan fingerprint density at radius 2 is 1.80 bits per heavy atom. The average Bonchev–Trinajstić information content (AvgIpc) is 2.71. The van der Waals surface area contributed by atoms with Gasteiger partial charge < -0.3 is 10.3 Å². The Morgan fingerprint density at radius 3 is 2.30 bits per heavy atom. The lowest BCUT2D eigenvalue weighted by Gasteiger charge is -2.13. The monoisotopic (exact) mass is 273 g/mol. The topological polar surface area (TPSA) is 52.9 Å². The molecule has 2 rings (SSSR count). The molecule has 2 N–H and O–H groups in total. The van der Waals surface area contributed by atoms with E-state index < -0.39 is 0 Å². The van der Waals surface area contributed by atoms with E-state index in [9.17, 15) is 4.79 Å². The summed E-state index contributed by atoms with van der Waals surface area (Å²) < 4.78 is 3.20. The summed E-state index contributed by atoms with van der Waals surface area (Å²) in [4.78, 5) is 11.8. The Bertz CT molecular complexity index is 607. The van der Waals surface area contributed by atoms with Crippen LogP contribution in [0, 0.1) is 5.92 Å². The van der Waals surface area contributed by atoms with E-state index in [0.717, 1.165) is 12.0 Å². The van der Waals surface area contributed by atoms with Crippen molar-refractivity contribution in [3.05, 3.63) is 58.3 Å². The van der Waals surface area contributed by atoms with Crippen LogP contribution >= 0.6 is 0 Å². The maximum atomic E-state index is 11.8. The van der Waals surface area contributed by atoms with Crippen molar-refractivity contribution in [2.24, 2.45) is 18.7 Å². The lowest BCUT2D eigenvalue weighted by Crippen LogP contribution is -2.27. The predicted molar refractivity (Wildman–Crippen MR) is 81.6 cm³/mol. The zero-order chi connectivity index (χ0) is 14.7. The third-order valence-electron chi connectivity index (χ3n) is 3.46. The average molecular weight is 273 g/mol. The van der Waals surface area contributed by atoms with Crippen molar-refractivity contribution < 1.29 is 0 Å². The Kier molecular flexibility index (Phi) is 4.45. The summed E-state index contributed by atoms with van der Waals surface area (Å²) >= 11 is 0. The number of nitrogens with zero attached hydrogens (tertiary/aromatic N) is 2. The molecule has 4 heteroatoms. The molecule has 1 heterocycles. The number of rotatable bonds is 5. The molecule has 0 radical (unpaired) electrons. The van der Waals surface area contributed by atoms with Gasteiger partial charge in [-0.05, 0) is 23.5 Å². The second-order valence-electron chi connectivity index (χ2n) is 5.79. The smallest absolute Gasteiger partial charge is 0.322 e. The van der Waals surface area contributed by atoms with Crippen LogP contribution in [-0.2, 0) is 20.0 Å². The quantitative estimate of drug-likeness (QED) is 0.907. The van der Waals surface area contributed by atoms with Gasteiger partial charge in [0.1, 0.15) is 0 Å². The largest absolute Gasteiger partial charge is 0.327 e. The predicted octanol–water partition coefficient (Wildman–Crippen LogP) is 2.09. The molecule has 0 amide bonds. The molecule has 1 aromatic carbocycles. The molecule has 20 heavy (non-hydrogen) atoms. The van der Waals surface area contributed by atoms with Crippen molar-refractivity contribution in [1.82, 2.24) is 9.13 Å². The fourth-order valence-electron chi connectivity index (χ4n) is 2.34. The number of nitrogens with two attached hydrogens (primary N) is 1. The minimum absolute atomic E-state index is 0.0307. The maximum absolute atomic E-state index is 11.8. The van der Waals surface area contributed by atoms with Gasteiger partial charge in [-0.25, -0.2) is 4.79 Å². The zero-order valence-corrected chi connectivity index (χ0v) is 12.4. The zero-order valence-electron chi connectivity index (χ0n) is 12.4. The molecule has 108 valence electrons. The van der Waals surface area contributed by atoms with Gasteiger partial charge in [0.2, 0.25) is 0 Å². The van der Waals surface area contributed by atoms with Gasteiger partial charge in [0.15, 0.2) is 0 Å². The summed E-state index contributed by atoms with van der Waals surface area (Å²) in [7, 11) is 1.74. The first-order valence-electron chi connectivity index (χ1n) is 7.03. The fourth-order valence-corrected chi connectivity index (χ4v) is 2.34. The molecule has 0 saturated heterocycles. The lowest BCUT2D eigenvalue weighted by molar-refractivity contribution is 0.554. The Balaban J connectivity index is 2.07. The van der Waals surface area contributed by atoms with Gasteiger partial charge in [-0.3, -0.25) is 4.57 Å². The van der Waals surface area contributed by atoms with Gasteiger partial charge in [-0.1, -0.05) is 38.1 Å². The van der Waals surface area contributed by atoms with E-state index >= 15 is 0 Å². The van der Waals surface area contributed by atoms with Crippen molar-refractivity contribution >= 4 is 0 Å². The van der Waals surface area contributed by atoms with Gasteiger partial charge in [0, 0.05) is 32.0 Å². The van der Waals surface area contributed by atoms with Crippen molar-refractivity contribution in [1.29, 1.82) is 0 Å². The van der Waals surface area contributed by atoms with Gasteiger partial charge in [-0.2, -0.15) is 0 Å². The number of imidazole rings is 1. The Labute approximate surface area is 119 Å². The number of aromatic nitrogens is 2. The van der Waals surface area contributed by atoms with E-state index in [1.807, 2.05) is 0 Å². The van der Waals surface area contributed by atoms with Crippen molar-refractivity contribution in [2.75, 3.05) is 0 Å². The standard InChI is InChI=1S/C16H23N3O/c1-12(2)10-13-4-6-14(7-5-13)15(17)11-19-9-8-18(3)16(19)20/h4-9,12,15H,10-11,17H2,1-3H3. The van der Waals surface area contributed by atoms with Crippen LogP contribution in [0.2, 0.25) is 0 Å². The number of hydrogen-bond donors (Lipinski definition) is 1. The number of hydrogen-bond acceptors (Lipinski definition) is 2. The normalized spacial score (nSPS) is 12.8. The molecule has 0 fully saturated rings. The third kappa shape index (κ3) is 3.39. The molecule has 0 bridgehead atoms. The summed E-state index contributed by atoms with van der Waals surface area (Å²) in [5.74, 6) is 0.650. The summed E-state index contributed by atoms with van der Waals surface area (Å²) in [6, 6.07) is 8.22. The molecule has 2 aromatic rings. The molecule has 1 atom stereocenters. The highest BCUT2D eigenvalue weighted by molar-refractivity contribution is 5.25. The molecule has 0 saturated carbocycles. The highest BCUT2D eigenvalue weighted by atomic mass is 16.1. The second kappa shape index (κ2) is 6.09. The molecule has 0 aliphatic heterocycles. The van der Waals surface area contributed by atoms with E-state index in [1.54, 1.807) is 28.6 Å². The minimum Gasteiger partial charge on any atom is -0.322 e. The van der Waals surface area contributed by atoms with Gasteiger partial charge in [0.05, 0.1) is 0 Å². The maximum Gasteiger partial charge on any atom is 0.327 e. The Morgan fingerprint density at radius 1 is 1.15 bits per heavy atom.